The summed E-state index contributed by atoms with van der Waals surface area (Å²) in [5.74, 6) is 0. The number of nitrogens with one attached hydrogen (secondary N) is 1. The first-order valence-electron chi connectivity index (χ1n) is 6.78. The number of aromatic nitrogens is 2. The number of hydrogen-bond acceptors (Lipinski definition) is 2. The maximum atomic E-state index is 4.10. The lowest BCUT2D eigenvalue weighted by atomic mass is 10.1. The summed E-state index contributed by atoms with van der Waals surface area (Å²) < 4.78 is 2.02. The molecule has 0 saturated carbocycles. The first kappa shape index (κ1) is 12.5. The number of imidazole rings is 1. The van der Waals surface area contributed by atoms with Crippen LogP contribution in [-0.2, 0) is 6.42 Å². The number of anilines is 1. The molecule has 0 unspecified atom stereocenters. The Morgan fingerprint density at radius 3 is 2.55 bits per heavy atom. The van der Waals surface area contributed by atoms with Crippen molar-refractivity contribution in [2.24, 2.45) is 0 Å². The minimum absolute atomic E-state index is 0.912. The van der Waals surface area contributed by atoms with Crippen molar-refractivity contribution in [1.82, 2.24) is 9.55 Å². The van der Waals surface area contributed by atoms with Gasteiger partial charge < -0.3 is 9.88 Å². The third kappa shape index (κ3) is 2.88. The highest BCUT2D eigenvalue weighted by Crippen LogP contribution is 2.19. The normalized spacial score (nSPS) is 10.4. The van der Waals surface area contributed by atoms with Gasteiger partial charge in [0.2, 0.25) is 0 Å². The fourth-order valence-electron chi connectivity index (χ4n) is 2.24. The summed E-state index contributed by atoms with van der Waals surface area (Å²) in [7, 11) is 0. The Kier molecular flexibility index (Phi) is 3.78. The molecule has 0 amide bonds. The van der Waals surface area contributed by atoms with E-state index in [9.17, 15) is 0 Å². The highest BCUT2D eigenvalue weighted by molar-refractivity contribution is 5.60. The summed E-state index contributed by atoms with van der Waals surface area (Å²) in [6, 6.07) is 18.8. The zero-order chi connectivity index (χ0) is 13.6. The first-order valence-corrected chi connectivity index (χ1v) is 6.78. The Morgan fingerprint density at radius 1 is 0.950 bits per heavy atom. The van der Waals surface area contributed by atoms with E-state index in [1.165, 1.54) is 5.56 Å². The van der Waals surface area contributed by atoms with Crippen LogP contribution in [0.4, 0.5) is 5.69 Å². The second-order valence-corrected chi connectivity index (χ2v) is 4.65. The number of para-hydroxylation sites is 2. The lowest BCUT2D eigenvalue weighted by molar-refractivity contribution is 1.00. The van der Waals surface area contributed by atoms with E-state index in [-0.39, 0.29) is 0 Å². The number of nitrogens with zero attached hydrogens (tertiary/aromatic N) is 2. The van der Waals surface area contributed by atoms with Gasteiger partial charge in [0.25, 0.3) is 0 Å². The summed E-state index contributed by atoms with van der Waals surface area (Å²) in [5, 5.41) is 3.50. The van der Waals surface area contributed by atoms with Crippen molar-refractivity contribution in [3.05, 3.63) is 78.9 Å². The first-order chi connectivity index (χ1) is 9.93. The van der Waals surface area contributed by atoms with Gasteiger partial charge in [0.1, 0.15) is 0 Å². The maximum absolute atomic E-state index is 4.10. The highest BCUT2D eigenvalue weighted by Gasteiger charge is 2.02. The van der Waals surface area contributed by atoms with Crippen molar-refractivity contribution < 1.29 is 0 Å². The third-order valence-corrected chi connectivity index (χ3v) is 3.26. The molecule has 0 fully saturated rings. The molecule has 3 aromatic rings. The minimum Gasteiger partial charge on any atom is -0.383 e. The van der Waals surface area contributed by atoms with Crippen LogP contribution in [-0.4, -0.2) is 16.1 Å². The van der Waals surface area contributed by atoms with E-state index in [2.05, 4.69) is 46.7 Å². The quantitative estimate of drug-likeness (QED) is 0.763. The number of benzene rings is 2. The maximum Gasteiger partial charge on any atom is 0.0992 e. The molecule has 3 rings (SSSR count). The van der Waals surface area contributed by atoms with Crippen LogP contribution in [0.5, 0.6) is 0 Å². The van der Waals surface area contributed by atoms with E-state index in [1.807, 2.05) is 35.3 Å². The van der Waals surface area contributed by atoms with Gasteiger partial charge in [-0.1, -0.05) is 42.5 Å². The molecule has 0 bridgehead atoms. The Morgan fingerprint density at radius 2 is 1.75 bits per heavy atom. The third-order valence-electron chi connectivity index (χ3n) is 3.26. The predicted molar refractivity (Wildman–Crippen MR) is 82.2 cm³/mol. The lowest BCUT2D eigenvalue weighted by Crippen LogP contribution is -2.07. The Labute approximate surface area is 118 Å². The van der Waals surface area contributed by atoms with Crippen LogP contribution >= 0.6 is 0 Å². The van der Waals surface area contributed by atoms with Gasteiger partial charge >= 0.3 is 0 Å². The lowest BCUT2D eigenvalue weighted by Gasteiger charge is -2.12. The van der Waals surface area contributed by atoms with Crippen LogP contribution in [0.2, 0.25) is 0 Å². The molecule has 1 aromatic heterocycles. The fourth-order valence-corrected chi connectivity index (χ4v) is 2.24. The molecule has 0 aliphatic rings. The monoisotopic (exact) mass is 263 g/mol. The second kappa shape index (κ2) is 6.06. The van der Waals surface area contributed by atoms with E-state index in [0.29, 0.717) is 0 Å². The van der Waals surface area contributed by atoms with Crippen LogP contribution in [0.3, 0.4) is 0 Å². The van der Waals surface area contributed by atoms with Gasteiger partial charge in [0, 0.05) is 18.9 Å². The Balaban J connectivity index is 1.69. The molecular weight excluding hydrogens is 246 g/mol. The van der Waals surface area contributed by atoms with Gasteiger partial charge in [-0.15, -0.1) is 0 Å². The average Bonchev–Trinajstić information content (AvgIpc) is 3.03. The van der Waals surface area contributed by atoms with Crippen LogP contribution < -0.4 is 5.32 Å². The molecule has 0 spiro atoms. The van der Waals surface area contributed by atoms with Crippen LogP contribution in [0, 0.1) is 0 Å². The number of hydrogen-bond donors (Lipinski definition) is 1. The van der Waals surface area contributed by atoms with Crippen molar-refractivity contribution in [2.45, 2.75) is 6.42 Å². The van der Waals surface area contributed by atoms with E-state index >= 15 is 0 Å². The fraction of sp³-hybridized carbons (Fsp3) is 0.118. The van der Waals surface area contributed by atoms with Crippen molar-refractivity contribution in [3.8, 4) is 5.69 Å². The molecule has 1 heterocycles. The molecule has 3 heteroatoms. The van der Waals surface area contributed by atoms with Crippen molar-refractivity contribution in [3.63, 3.8) is 0 Å². The van der Waals surface area contributed by atoms with Crippen LogP contribution in [0.15, 0.2) is 73.3 Å². The predicted octanol–water partition coefficient (Wildman–Crippen LogP) is 3.53. The van der Waals surface area contributed by atoms with Gasteiger partial charge in [-0.05, 0) is 24.1 Å². The molecule has 3 nitrogen and oxygen atoms in total. The minimum atomic E-state index is 0.912. The largest absolute Gasteiger partial charge is 0.383 e. The topological polar surface area (TPSA) is 29.9 Å². The molecule has 20 heavy (non-hydrogen) atoms. The molecule has 0 aliphatic carbocycles. The summed E-state index contributed by atoms with van der Waals surface area (Å²) >= 11 is 0. The molecule has 2 aromatic carbocycles. The summed E-state index contributed by atoms with van der Waals surface area (Å²) in [6.45, 7) is 0.912. The molecule has 0 saturated heterocycles. The zero-order valence-electron chi connectivity index (χ0n) is 11.2. The summed E-state index contributed by atoms with van der Waals surface area (Å²) in [4.78, 5) is 4.10. The van der Waals surface area contributed by atoms with Gasteiger partial charge in [-0.25, -0.2) is 4.98 Å². The van der Waals surface area contributed by atoms with E-state index in [4.69, 9.17) is 0 Å². The van der Waals surface area contributed by atoms with Gasteiger partial charge in [0.05, 0.1) is 17.7 Å². The SMILES string of the molecule is c1ccc(CCNc2ccccc2-n2ccnc2)cc1. The molecule has 0 radical (unpaired) electrons. The molecule has 0 atom stereocenters. The molecule has 0 aliphatic heterocycles. The zero-order valence-corrected chi connectivity index (χ0v) is 11.2. The van der Waals surface area contributed by atoms with Crippen molar-refractivity contribution in [1.29, 1.82) is 0 Å². The van der Waals surface area contributed by atoms with E-state index in [1.54, 1.807) is 6.20 Å². The summed E-state index contributed by atoms with van der Waals surface area (Å²) in [5.41, 5.74) is 3.60. The highest BCUT2D eigenvalue weighted by atomic mass is 15.0. The van der Waals surface area contributed by atoms with Gasteiger partial charge in [-0.3, -0.25) is 0 Å². The second-order valence-electron chi connectivity index (χ2n) is 4.65. The van der Waals surface area contributed by atoms with Crippen LogP contribution in [0.1, 0.15) is 5.56 Å². The van der Waals surface area contributed by atoms with Crippen molar-refractivity contribution in [2.75, 3.05) is 11.9 Å². The molecule has 1 N–H and O–H groups in total. The van der Waals surface area contributed by atoms with E-state index < -0.39 is 0 Å². The number of rotatable bonds is 5. The Bertz CT molecular complexity index is 645. The van der Waals surface area contributed by atoms with Gasteiger partial charge in [0.15, 0.2) is 0 Å². The van der Waals surface area contributed by atoms with E-state index in [0.717, 1.165) is 24.3 Å². The molecule has 100 valence electrons. The summed E-state index contributed by atoms with van der Waals surface area (Å²) in [6.07, 6.45) is 6.58. The van der Waals surface area contributed by atoms with Crippen molar-refractivity contribution >= 4 is 5.69 Å². The smallest absolute Gasteiger partial charge is 0.0992 e. The average molecular weight is 263 g/mol. The van der Waals surface area contributed by atoms with Crippen LogP contribution in [0.25, 0.3) is 5.69 Å². The van der Waals surface area contributed by atoms with Gasteiger partial charge in [-0.2, -0.15) is 0 Å². The Hall–Kier alpha value is -2.55. The molecular formula is C17H17N3. The standard InChI is InChI=1S/C17H17N3/c1-2-6-15(7-3-1)10-11-19-16-8-4-5-9-17(16)20-13-12-18-14-20/h1-9,12-14,19H,10-11H2.